The number of amides is 2. The molecule has 0 aliphatic carbocycles. The van der Waals surface area contributed by atoms with E-state index in [-0.39, 0.29) is 30.7 Å². The van der Waals surface area contributed by atoms with Gasteiger partial charge in [0, 0.05) is 30.6 Å². The molecule has 29 heavy (non-hydrogen) atoms. The van der Waals surface area contributed by atoms with Gasteiger partial charge in [0.15, 0.2) is 5.69 Å². The number of fused-ring (bicyclic) bond motifs is 1. The molecule has 11 heteroatoms. The van der Waals surface area contributed by atoms with Gasteiger partial charge in [0.25, 0.3) is 5.91 Å². The molecule has 0 unspecified atom stereocenters. The summed E-state index contributed by atoms with van der Waals surface area (Å²) in [7, 11) is -3.44. The maximum atomic E-state index is 12.9. The van der Waals surface area contributed by atoms with E-state index in [4.69, 9.17) is 0 Å². The van der Waals surface area contributed by atoms with Crippen molar-refractivity contribution in [2.45, 2.75) is 38.4 Å². The number of carbonyl (C=O) groups is 2. The van der Waals surface area contributed by atoms with Crippen LogP contribution in [-0.2, 0) is 10.0 Å². The minimum Gasteiger partial charge on any atom is -0.465 e. The Kier molecular flexibility index (Phi) is 5.80. The van der Waals surface area contributed by atoms with E-state index in [0.717, 1.165) is 22.1 Å². The standard InChI is InChI=1S/C18H25N5O5S/c1-11(2)23-15-7-5-4-6-14(15)16(21-23)17(24)20-12-8-13(9-19-29(3,27)28)22(10-12)18(25)26/h4-7,11-13,19H,8-10H2,1-3H3,(H,20,24)(H,25,26)/t12-,13-/m0/s1. The predicted octanol–water partition coefficient (Wildman–Crippen LogP) is 1.02. The highest BCUT2D eigenvalue weighted by Crippen LogP contribution is 2.23. The normalized spacial score (nSPS) is 19.8. The lowest BCUT2D eigenvalue weighted by Crippen LogP contribution is -2.42. The summed E-state index contributed by atoms with van der Waals surface area (Å²) in [5.41, 5.74) is 1.13. The number of likely N-dealkylation sites (tertiary alicyclic amines) is 1. The van der Waals surface area contributed by atoms with Crippen molar-refractivity contribution in [2.75, 3.05) is 19.3 Å². The largest absolute Gasteiger partial charge is 0.465 e. The number of benzene rings is 1. The quantitative estimate of drug-likeness (QED) is 0.635. The van der Waals surface area contributed by atoms with Crippen molar-refractivity contribution < 1.29 is 23.1 Å². The molecule has 3 N–H and O–H groups in total. The summed E-state index contributed by atoms with van der Waals surface area (Å²) in [6.07, 6.45) is 0.169. The van der Waals surface area contributed by atoms with Gasteiger partial charge in [-0.15, -0.1) is 0 Å². The monoisotopic (exact) mass is 423 g/mol. The van der Waals surface area contributed by atoms with Crippen LogP contribution in [0.5, 0.6) is 0 Å². The molecule has 2 heterocycles. The summed E-state index contributed by atoms with van der Waals surface area (Å²) < 4.78 is 26.8. The number of hydrogen-bond acceptors (Lipinski definition) is 5. The highest BCUT2D eigenvalue weighted by Gasteiger charge is 2.36. The molecule has 2 atom stereocenters. The molecule has 0 saturated carbocycles. The van der Waals surface area contributed by atoms with Crippen molar-refractivity contribution in [2.24, 2.45) is 0 Å². The molecule has 0 bridgehead atoms. The molecule has 158 valence electrons. The van der Waals surface area contributed by atoms with Crippen LogP contribution in [0.25, 0.3) is 10.9 Å². The molecule has 1 saturated heterocycles. The number of hydrogen-bond donors (Lipinski definition) is 3. The first kappa shape index (κ1) is 21.1. The SMILES string of the molecule is CC(C)n1nc(C(=O)N[C@H]2C[C@@H](CNS(C)(=O)=O)N(C(=O)O)C2)c2ccccc21. The van der Waals surface area contributed by atoms with E-state index in [2.05, 4.69) is 15.1 Å². The second kappa shape index (κ2) is 7.99. The summed E-state index contributed by atoms with van der Waals surface area (Å²) in [6.45, 7) is 3.99. The topological polar surface area (TPSA) is 134 Å². The zero-order chi connectivity index (χ0) is 21.3. The van der Waals surface area contributed by atoms with E-state index in [1.54, 1.807) is 4.68 Å². The maximum Gasteiger partial charge on any atom is 0.407 e. The van der Waals surface area contributed by atoms with Gasteiger partial charge in [-0.2, -0.15) is 5.10 Å². The van der Waals surface area contributed by atoms with Gasteiger partial charge in [0.05, 0.1) is 17.8 Å². The molecule has 1 aliphatic rings. The van der Waals surface area contributed by atoms with Crippen LogP contribution < -0.4 is 10.0 Å². The summed E-state index contributed by atoms with van der Waals surface area (Å²) >= 11 is 0. The highest BCUT2D eigenvalue weighted by atomic mass is 32.2. The lowest BCUT2D eigenvalue weighted by molar-refractivity contribution is 0.0931. The van der Waals surface area contributed by atoms with Gasteiger partial charge >= 0.3 is 6.09 Å². The zero-order valence-corrected chi connectivity index (χ0v) is 17.3. The summed E-state index contributed by atoms with van der Waals surface area (Å²) in [4.78, 5) is 25.5. The van der Waals surface area contributed by atoms with E-state index in [1.807, 2.05) is 38.1 Å². The van der Waals surface area contributed by atoms with Crippen molar-refractivity contribution in [3.05, 3.63) is 30.0 Å². The van der Waals surface area contributed by atoms with Gasteiger partial charge in [-0.25, -0.2) is 17.9 Å². The van der Waals surface area contributed by atoms with E-state index >= 15 is 0 Å². The first-order chi connectivity index (χ1) is 13.6. The third kappa shape index (κ3) is 4.67. The fourth-order valence-corrected chi connectivity index (χ4v) is 4.10. The van der Waals surface area contributed by atoms with E-state index < -0.39 is 28.2 Å². The predicted molar refractivity (Wildman–Crippen MR) is 107 cm³/mol. The van der Waals surface area contributed by atoms with Crippen LogP contribution in [0.1, 0.15) is 36.8 Å². The molecule has 0 spiro atoms. The molecule has 2 aromatic rings. The van der Waals surface area contributed by atoms with E-state index in [1.165, 1.54) is 0 Å². The second-order valence-corrected chi connectivity index (χ2v) is 9.35. The van der Waals surface area contributed by atoms with Crippen LogP contribution in [-0.4, -0.2) is 71.6 Å². The third-order valence-corrected chi connectivity index (χ3v) is 5.59. The van der Waals surface area contributed by atoms with Crippen molar-refractivity contribution in [3.63, 3.8) is 0 Å². The molecule has 0 radical (unpaired) electrons. The minimum absolute atomic E-state index is 0.0393. The lowest BCUT2D eigenvalue weighted by atomic mass is 10.1. The Morgan fingerprint density at radius 3 is 2.62 bits per heavy atom. The average molecular weight is 423 g/mol. The van der Waals surface area contributed by atoms with Crippen LogP contribution in [0.2, 0.25) is 0 Å². The van der Waals surface area contributed by atoms with Crippen molar-refractivity contribution in [1.82, 2.24) is 24.7 Å². The lowest BCUT2D eigenvalue weighted by Gasteiger charge is -2.20. The Hall–Kier alpha value is -2.66. The molecule has 1 aliphatic heterocycles. The van der Waals surface area contributed by atoms with Crippen molar-refractivity contribution >= 4 is 32.9 Å². The third-order valence-electron chi connectivity index (χ3n) is 4.89. The fourth-order valence-electron chi connectivity index (χ4n) is 3.60. The first-order valence-electron chi connectivity index (χ1n) is 9.29. The van der Waals surface area contributed by atoms with Gasteiger partial charge in [-0.3, -0.25) is 9.48 Å². The Balaban J connectivity index is 1.77. The van der Waals surface area contributed by atoms with Crippen LogP contribution >= 0.6 is 0 Å². The molecular formula is C18H25N5O5S. The molecule has 1 fully saturated rings. The van der Waals surface area contributed by atoms with Gasteiger partial charge in [0.1, 0.15) is 0 Å². The number of rotatable bonds is 6. The molecular weight excluding hydrogens is 398 g/mol. The average Bonchev–Trinajstić information content (AvgIpc) is 3.21. The van der Waals surface area contributed by atoms with Crippen LogP contribution in [0, 0.1) is 0 Å². The molecule has 1 aromatic carbocycles. The van der Waals surface area contributed by atoms with Gasteiger partial charge in [0.2, 0.25) is 10.0 Å². The van der Waals surface area contributed by atoms with Crippen LogP contribution in [0.15, 0.2) is 24.3 Å². The van der Waals surface area contributed by atoms with Gasteiger partial charge in [-0.05, 0) is 26.3 Å². The molecule has 10 nitrogen and oxygen atoms in total. The molecule has 1 aromatic heterocycles. The summed E-state index contributed by atoms with van der Waals surface area (Å²) in [5.74, 6) is -0.382. The minimum atomic E-state index is -3.44. The first-order valence-corrected chi connectivity index (χ1v) is 11.2. The Labute approximate surface area is 168 Å². The van der Waals surface area contributed by atoms with Gasteiger partial charge < -0.3 is 15.3 Å². The van der Waals surface area contributed by atoms with Gasteiger partial charge in [-0.1, -0.05) is 18.2 Å². The second-order valence-electron chi connectivity index (χ2n) is 7.52. The maximum absolute atomic E-state index is 12.9. The van der Waals surface area contributed by atoms with E-state index in [9.17, 15) is 23.1 Å². The number of nitrogens with one attached hydrogen (secondary N) is 2. The van der Waals surface area contributed by atoms with Crippen LogP contribution in [0.3, 0.4) is 0 Å². The summed E-state index contributed by atoms with van der Waals surface area (Å²) in [6, 6.07) is 6.51. The van der Waals surface area contributed by atoms with Crippen LogP contribution in [0.4, 0.5) is 4.79 Å². The molecule has 2 amide bonds. The van der Waals surface area contributed by atoms with Crippen molar-refractivity contribution in [3.8, 4) is 0 Å². The smallest absolute Gasteiger partial charge is 0.407 e. The molecule has 3 rings (SSSR count). The number of para-hydroxylation sites is 1. The highest BCUT2D eigenvalue weighted by molar-refractivity contribution is 7.88. The fraction of sp³-hybridized carbons (Fsp3) is 0.500. The van der Waals surface area contributed by atoms with E-state index in [0.29, 0.717) is 6.42 Å². The number of carbonyl (C=O) groups excluding carboxylic acids is 1. The Morgan fingerprint density at radius 1 is 1.31 bits per heavy atom. The summed E-state index contributed by atoms with van der Waals surface area (Å²) in [5, 5.41) is 17.4. The Bertz CT molecular complexity index is 1030. The Morgan fingerprint density at radius 2 is 2.00 bits per heavy atom. The number of sulfonamides is 1. The van der Waals surface area contributed by atoms with Crippen molar-refractivity contribution in [1.29, 1.82) is 0 Å². The number of aromatic nitrogens is 2. The number of nitrogens with zero attached hydrogens (tertiary/aromatic N) is 3. The zero-order valence-electron chi connectivity index (χ0n) is 16.5. The number of carboxylic acid groups (broad SMARTS) is 1.